The summed E-state index contributed by atoms with van der Waals surface area (Å²) < 4.78 is 23.5. The van der Waals surface area contributed by atoms with Crippen molar-refractivity contribution in [3.8, 4) is 5.75 Å². The first-order valence-corrected chi connectivity index (χ1v) is 10.8. The minimum Gasteiger partial charge on any atom is -0.496 e. The van der Waals surface area contributed by atoms with Crippen LogP contribution in [-0.2, 0) is 27.2 Å². The van der Waals surface area contributed by atoms with E-state index in [9.17, 15) is 14.0 Å². The average Bonchev–Trinajstić information content (AvgIpc) is 2.78. The Morgan fingerprint density at radius 3 is 2.15 bits per heavy atom. The third-order valence-corrected chi connectivity index (χ3v) is 5.45. The summed E-state index contributed by atoms with van der Waals surface area (Å²) in [6.45, 7) is 5.75. The number of halogens is 1. The third kappa shape index (κ3) is 6.19. The van der Waals surface area contributed by atoms with Gasteiger partial charge in [0.2, 0.25) is 0 Å². The molecule has 6 heteroatoms. The van der Waals surface area contributed by atoms with Gasteiger partial charge in [-0.05, 0) is 90.9 Å². The molecular formula is C27H28FNO4. The average molecular weight is 450 g/mol. The van der Waals surface area contributed by atoms with E-state index in [2.05, 4.69) is 11.4 Å². The highest BCUT2D eigenvalue weighted by molar-refractivity contribution is 6.37. The van der Waals surface area contributed by atoms with Gasteiger partial charge in [0, 0.05) is 12.1 Å². The van der Waals surface area contributed by atoms with E-state index in [4.69, 9.17) is 9.47 Å². The van der Waals surface area contributed by atoms with Crippen molar-refractivity contribution in [1.29, 1.82) is 0 Å². The standard InChI is InChI=1S/C27H28FNO4/c1-5-33-27(31)26(30)29-23-12-17(2)24(18(3)13-23)16-20-8-11-25(32-4)21(15-20)14-19-6-9-22(28)10-7-19/h6-13,15H,5,14,16H2,1-4H3,(H,29,30). The van der Waals surface area contributed by atoms with E-state index < -0.39 is 11.9 Å². The van der Waals surface area contributed by atoms with Crippen LogP contribution in [-0.4, -0.2) is 25.6 Å². The van der Waals surface area contributed by atoms with Gasteiger partial charge in [0.05, 0.1) is 13.7 Å². The van der Waals surface area contributed by atoms with E-state index in [1.165, 1.54) is 12.1 Å². The number of methoxy groups -OCH3 is 1. The molecule has 0 aliphatic carbocycles. The first-order chi connectivity index (χ1) is 15.8. The molecular weight excluding hydrogens is 421 g/mol. The van der Waals surface area contributed by atoms with Crippen LogP contribution in [0.3, 0.4) is 0 Å². The fraction of sp³-hybridized carbons (Fsp3) is 0.259. The molecule has 0 aromatic heterocycles. The number of benzene rings is 3. The highest BCUT2D eigenvalue weighted by Crippen LogP contribution is 2.27. The van der Waals surface area contributed by atoms with Crippen molar-refractivity contribution in [2.45, 2.75) is 33.6 Å². The Morgan fingerprint density at radius 1 is 0.909 bits per heavy atom. The Morgan fingerprint density at radius 2 is 1.55 bits per heavy atom. The van der Waals surface area contributed by atoms with Crippen LogP contribution in [0.15, 0.2) is 54.6 Å². The molecule has 0 radical (unpaired) electrons. The molecule has 0 atom stereocenters. The largest absolute Gasteiger partial charge is 0.496 e. The van der Waals surface area contributed by atoms with Crippen LogP contribution < -0.4 is 10.1 Å². The SMILES string of the molecule is CCOC(=O)C(=O)Nc1cc(C)c(Cc2ccc(OC)c(Cc3ccc(F)cc3)c2)c(C)c1. The number of ether oxygens (including phenoxy) is 2. The topological polar surface area (TPSA) is 64.6 Å². The number of rotatable bonds is 7. The maximum atomic E-state index is 13.3. The number of anilines is 1. The molecule has 0 spiro atoms. The van der Waals surface area contributed by atoms with Crippen molar-refractivity contribution >= 4 is 17.6 Å². The van der Waals surface area contributed by atoms with E-state index in [-0.39, 0.29) is 12.4 Å². The van der Waals surface area contributed by atoms with Crippen LogP contribution in [0.4, 0.5) is 10.1 Å². The summed E-state index contributed by atoms with van der Waals surface area (Å²) >= 11 is 0. The molecule has 3 rings (SSSR count). The van der Waals surface area contributed by atoms with Gasteiger partial charge in [0.25, 0.3) is 0 Å². The van der Waals surface area contributed by atoms with Gasteiger partial charge in [-0.15, -0.1) is 0 Å². The molecule has 0 heterocycles. The van der Waals surface area contributed by atoms with Crippen molar-refractivity contribution in [2.24, 2.45) is 0 Å². The zero-order valence-electron chi connectivity index (χ0n) is 19.3. The number of hydrogen-bond acceptors (Lipinski definition) is 4. The quantitative estimate of drug-likeness (QED) is 0.401. The maximum absolute atomic E-state index is 13.3. The monoisotopic (exact) mass is 449 g/mol. The number of carbonyl (C=O) groups excluding carboxylic acids is 2. The molecule has 0 bridgehead atoms. The van der Waals surface area contributed by atoms with Crippen LogP contribution in [0.2, 0.25) is 0 Å². The second-order valence-electron chi connectivity index (χ2n) is 7.89. The summed E-state index contributed by atoms with van der Waals surface area (Å²) in [5, 5.41) is 2.60. The van der Waals surface area contributed by atoms with Crippen molar-refractivity contribution in [2.75, 3.05) is 19.0 Å². The van der Waals surface area contributed by atoms with Crippen LogP contribution in [0.1, 0.15) is 40.3 Å². The van der Waals surface area contributed by atoms with Crippen molar-refractivity contribution in [3.63, 3.8) is 0 Å². The molecule has 0 saturated carbocycles. The van der Waals surface area contributed by atoms with E-state index in [1.54, 1.807) is 26.2 Å². The molecule has 0 aliphatic rings. The molecule has 33 heavy (non-hydrogen) atoms. The summed E-state index contributed by atoms with van der Waals surface area (Å²) in [7, 11) is 1.64. The predicted octanol–water partition coefficient (Wildman–Crippen LogP) is 5.13. The molecule has 3 aromatic rings. The van der Waals surface area contributed by atoms with Gasteiger partial charge in [-0.2, -0.15) is 0 Å². The maximum Gasteiger partial charge on any atom is 0.397 e. The lowest BCUT2D eigenvalue weighted by Gasteiger charge is -2.15. The highest BCUT2D eigenvalue weighted by atomic mass is 19.1. The van der Waals surface area contributed by atoms with Gasteiger partial charge in [0.15, 0.2) is 0 Å². The number of nitrogens with one attached hydrogen (secondary N) is 1. The van der Waals surface area contributed by atoms with Crippen LogP contribution in [0.5, 0.6) is 5.75 Å². The Hall–Kier alpha value is -3.67. The Bertz CT molecular complexity index is 1130. The van der Waals surface area contributed by atoms with E-state index in [1.807, 2.05) is 38.1 Å². The van der Waals surface area contributed by atoms with Gasteiger partial charge >= 0.3 is 11.9 Å². The van der Waals surface area contributed by atoms with Crippen molar-refractivity contribution < 1.29 is 23.5 Å². The summed E-state index contributed by atoms with van der Waals surface area (Å²) in [5.74, 6) is -1.16. The zero-order chi connectivity index (χ0) is 24.0. The first kappa shape index (κ1) is 24.0. The smallest absolute Gasteiger partial charge is 0.397 e. The van der Waals surface area contributed by atoms with E-state index in [0.717, 1.165) is 39.1 Å². The summed E-state index contributed by atoms with van der Waals surface area (Å²) in [6.07, 6.45) is 1.33. The van der Waals surface area contributed by atoms with E-state index >= 15 is 0 Å². The summed E-state index contributed by atoms with van der Waals surface area (Å²) in [6, 6.07) is 16.3. The number of carbonyl (C=O) groups is 2. The number of hydrogen-bond donors (Lipinski definition) is 1. The van der Waals surface area contributed by atoms with Gasteiger partial charge < -0.3 is 14.8 Å². The lowest BCUT2D eigenvalue weighted by molar-refractivity contribution is -0.152. The van der Waals surface area contributed by atoms with Gasteiger partial charge in [-0.3, -0.25) is 4.79 Å². The Labute approximate surface area is 193 Å². The van der Waals surface area contributed by atoms with Gasteiger partial charge in [-0.1, -0.05) is 24.3 Å². The normalized spacial score (nSPS) is 10.6. The van der Waals surface area contributed by atoms with Crippen LogP contribution in [0, 0.1) is 19.7 Å². The molecule has 172 valence electrons. The number of aryl methyl sites for hydroxylation is 2. The van der Waals surface area contributed by atoms with Crippen molar-refractivity contribution in [1.82, 2.24) is 0 Å². The summed E-state index contributed by atoms with van der Waals surface area (Å²) in [5.41, 5.74) is 6.84. The lowest BCUT2D eigenvalue weighted by Crippen LogP contribution is -2.25. The first-order valence-electron chi connectivity index (χ1n) is 10.8. The minimum absolute atomic E-state index is 0.147. The fourth-order valence-electron chi connectivity index (χ4n) is 3.83. The summed E-state index contributed by atoms with van der Waals surface area (Å²) in [4.78, 5) is 23.5. The molecule has 0 saturated heterocycles. The highest BCUT2D eigenvalue weighted by Gasteiger charge is 2.16. The molecule has 3 aromatic carbocycles. The van der Waals surface area contributed by atoms with Crippen LogP contribution in [0.25, 0.3) is 0 Å². The lowest BCUT2D eigenvalue weighted by atomic mass is 9.93. The third-order valence-electron chi connectivity index (χ3n) is 5.45. The molecule has 1 N–H and O–H groups in total. The molecule has 5 nitrogen and oxygen atoms in total. The molecule has 0 unspecified atom stereocenters. The van der Waals surface area contributed by atoms with E-state index in [0.29, 0.717) is 18.5 Å². The molecule has 1 amide bonds. The predicted molar refractivity (Wildman–Crippen MR) is 126 cm³/mol. The second-order valence-corrected chi connectivity index (χ2v) is 7.89. The van der Waals surface area contributed by atoms with Crippen molar-refractivity contribution in [3.05, 3.63) is 93.8 Å². The second kappa shape index (κ2) is 10.8. The zero-order valence-corrected chi connectivity index (χ0v) is 19.3. The fourth-order valence-corrected chi connectivity index (χ4v) is 3.83. The minimum atomic E-state index is -0.899. The number of esters is 1. The van der Waals surface area contributed by atoms with Gasteiger partial charge in [0.1, 0.15) is 11.6 Å². The van der Waals surface area contributed by atoms with Crippen LogP contribution >= 0.6 is 0 Å². The Balaban J connectivity index is 1.81. The Kier molecular flexibility index (Phi) is 7.83. The molecule has 0 fully saturated rings. The number of amides is 1. The molecule has 0 aliphatic heterocycles. The van der Waals surface area contributed by atoms with Gasteiger partial charge in [-0.25, -0.2) is 9.18 Å².